The number of aromatic nitrogens is 2. The minimum atomic E-state index is -0.264. The molecule has 1 aliphatic rings. The number of anilines is 1. The molecule has 0 atom stereocenters. The summed E-state index contributed by atoms with van der Waals surface area (Å²) in [6.45, 7) is 2.80. The molecule has 1 amide bonds. The first kappa shape index (κ1) is 19.2. The molecule has 0 unspecified atom stereocenters. The summed E-state index contributed by atoms with van der Waals surface area (Å²) in [5, 5.41) is 10.7. The molecule has 3 aromatic rings. The Bertz CT molecular complexity index is 979. The van der Waals surface area contributed by atoms with Crippen LogP contribution in [0.1, 0.15) is 54.1 Å². The maximum atomic E-state index is 12.6. The minimum absolute atomic E-state index is 0.264. The largest absolute Gasteiger partial charge is 0.494 e. The number of fused-ring (bicyclic) bond motifs is 1. The molecule has 1 aliphatic carbocycles. The topological polar surface area (TPSA) is 77.2 Å². The van der Waals surface area contributed by atoms with Gasteiger partial charge in [-0.2, -0.15) is 0 Å². The van der Waals surface area contributed by atoms with Gasteiger partial charge in [0.15, 0.2) is 5.69 Å². The van der Waals surface area contributed by atoms with E-state index in [4.69, 9.17) is 9.37 Å². The van der Waals surface area contributed by atoms with Crippen LogP contribution in [0.25, 0.3) is 11.3 Å². The lowest BCUT2D eigenvalue weighted by atomic mass is 9.90. The fraction of sp³-hybridized carbons (Fsp3) is 0.348. The molecule has 6 nitrogen and oxygen atoms in total. The number of nitrogens with one attached hydrogen (secondary N) is 1. The molecule has 0 fully saturated rings. The molecule has 2 aromatic carbocycles. The lowest BCUT2D eigenvalue weighted by Crippen LogP contribution is -2.13. The second-order valence-corrected chi connectivity index (χ2v) is 7.33. The SMILES string of the molecule is CCCCOc1ccc(C(=O)Nc2nonc2-c2ccc3c(c2)CCCC3)cc1. The van der Waals surface area contributed by atoms with E-state index in [0.29, 0.717) is 23.7 Å². The third-order valence-electron chi connectivity index (χ3n) is 5.23. The van der Waals surface area contributed by atoms with Crippen LogP contribution in [0.4, 0.5) is 5.82 Å². The Kier molecular flexibility index (Phi) is 5.89. The average Bonchev–Trinajstić information content (AvgIpc) is 3.22. The first-order valence-electron chi connectivity index (χ1n) is 10.2. The number of hydrogen-bond donors (Lipinski definition) is 1. The summed E-state index contributed by atoms with van der Waals surface area (Å²) >= 11 is 0. The van der Waals surface area contributed by atoms with E-state index in [1.54, 1.807) is 24.3 Å². The van der Waals surface area contributed by atoms with Crippen LogP contribution < -0.4 is 10.1 Å². The molecule has 0 spiro atoms. The Labute approximate surface area is 170 Å². The highest BCUT2D eigenvalue weighted by atomic mass is 16.6. The van der Waals surface area contributed by atoms with Gasteiger partial charge in [0.25, 0.3) is 5.91 Å². The molecule has 0 radical (unpaired) electrons. The van der Waals surface area contributed by atoms with Crippen LogP contribution in [-0.2, 0) is 12.8 Å². The third-order valence-corrected chi connectivity index (χ3v) is 5.23. The van der Waals surface area contributed by atoms with Crippen molar-refractivity contribution < 1.29 is 14.2 Å². The standard InChI is InChI=1S/C23H25N3O3/c1-2-3-14-28-20-12-10-17(11-13-20)23(27)24-22-21(25-29-26-22)19-9-8-16-6-4-5-7-18(16)15-19/h8-13,15H,2-7,14H2,1H3,(H,24,26,27). The quantitative estimate of drug-likeness (QED) is 0.571. The number of hydrogen-bond acceptors (Lipinski definition) is 5. The number of carbonyl (C=O) groups excluding carboxylic acids is 1. The second-order valence-electron chi connectivity index (χ2n) is 7.33. The fourth-order valence-corrected chi connectivity index (χ4v) is 3.56. The Balaban J connectivity index is 1.47. The molecular formula is C23H25N3O3. The van der Waals surface area contributed by atoms with Crippen molar-refractivity contribution in [3.05, 3.63) is 59.2 Å². The molecule has 6 heteroatoms. The van der Waals surface area contributed by atoms with Crippen LogP contribution in [-0.4, -0.2) is 22.8 Å². The van der Waals surface area contributed by atoms with Gasteiger partial charge in [-0.05, 0) is 83.9 Å². The third kappa shape index (κ3) is 4.47. The van der Waals surface area contributed by atoms with E-state index >= 15 is 0 Å². The molecule has 0 bridgehead atoms. The van der Waals surface area contributed by atoms with Crippen LogP contribution in [0.5, 0.6) is 5.75 Å². The van der Waals surface area contributed by atoms with Gasteiger partial charge in [0.1, 0.15) is 5.75 Å². The van der Waals surface area contributed by atoms with E-state index in [-0.39, 0.29) is 5.91 Å². The zero-order chi connectivity index (χ0) is 20.1. The lowest BCUT2D eigenvalue weighted by molar-refractivity contribution is 0.102. The summed E-state index contributed by atoms with van der Waals surface area (Å²) < 4.78 is 10.6. The predicted molar refractivity (Wildman–Crippen MR) is 111 cm³/mol. The molecule has 150 valence electrons. The van der Waals surface area contributed by atoms with Gasteiger partial charge < -0.3 is 10.1 Å². The van der Waals surface area contributed by atoms with Gasteiger partial charge >= 0.3 is 0 Å². The normalized spacial score (nSPS) is 13.0. The summed E-state index contributed by atoms with van der Waals surface area (Å²) in [5.74, 6) is 0.821. The first-order valence-corrected chi connectivity index (χ1v) is 10.2. The van der Waals surface area contributed by atoms with Gasteiger partial charge in [-0.25, -0.2) is 4.63 Å². The maximum absolute atomic E-state index is 12.6. The number of benzene rings is 2. The monoisotopic (exact) mass is 391 g/mol. The van der Waals surface area contributed by atoms with Gasteiger partial charge in [-0.1, -0.05) is 25.5 Å². The van der Waals surface area contributed by atoms with Crippen LogP contribution in [0.3, 0.4) is 0 Å². The van der Waals surface area contributed by atoms with Gasteiger partial charge in [-0.3, -0.25) is 4.79 Å². The Morgan fingerprint density at radius 1 is 1.07 bits per heavy atom. The molecular weight excluding hydrogens is 366 g/mol. The molecule has 1 heterocycles. The molecule has 0 saturated carbocycles. The maximum Gasteiger partial charge on any atom is 0.256 e. The summed E-state index contributed by atoms with van der Waals surface area (Å²) in [6.07, 6.45) is 6.72. The van der Waals surface area contributed by atoms with E-state index in [1.165, 1.54) is 24.0 Å². The first-order chi connectivity index (χ1) is 14.2. The van der Waals surface area contributed by atoms with Crippen LogP contribution >= 0.6 is 0 Å². The number of ether oxygens (including phenoxy) is 1. The number of amides is 1. The van der Waals surface area contributed by atoms with Crippen LogP contribution in [0, 0.1) is 0 Å². The van der Waals surface area contributed by atoms with E-state index in [0.717, 1.165) is 37.0 Å². The number of unbranched alkanes of at least 4 members (excludes halogenated alkanes) is 1. The zero-order valence-corrected chi connectivity index (χ0v) is 16.6. The summed E-state index contributed by atoms with van der Waals surface area (Å²) in [7, 11) is 0. The molecule has 0 aliphatic heterocycles. The molecule has 29 heavy (non-hydrogen) atoms. The van der Waals surface area contributed by atoms with Gasteiger partial charge in [-0.15, -0.1) is 0 Å². The van der Waals surface area contributed by atoms with E-state index in [2.05, 4.69) is 34.7 Å². The fourth-order valence-electron chi connectivity index (χ4n) is 3.56. The van der Waals surface area contributed by atoms with Crippen LogP contribution in [0.15, 0.2) is 47.1 Å². The van der Waals surface area contributed by atoms with Crippen molar-refractivity contribution in [1.29, 1.82) is 0 Å². The minimum Gasteiger partial charge on any atom is -0.494 e. The highest BCUT2D eigenvalue weighted by molar-refractivity contribution is 6.05. The van der Waals surface area contributed by atoms with E-state index in [9.17, 15) is 4.79 Å². The summed E-state index contributed by atoms with van der Waals surface area (Å²) in [6, 6.07) is 13.4. The van der Waals surface area contributed by atoms with Crippen molar-refractivity contribution in [2.75, 3.05) is 11.9 Å². The second kappa shape index (κ2) is 8.90. The molecule has 0 saturated heterocycles. The number of carbonyl (C=O) groups is 1. The van der Waals surface area contributed by atoms with Crippen molar-refractivity contribution >= 4 is 11.7 Å². The number of nitrogens with zero attached hydrogens (tertiary/aromatic N) is 2. The lowest BCUT2D eigenvalue weighted by Gasteiger charge is -2.16. The van der Waals surface area contributed by atoms with Gasteiger partial charge in [0, 0.05) is 11.1 Å². The predicted octanol–water partition coefficient (Wildman–Crippen LogP) is 5.05. The number of rotatable bonds is 7. The highest BCUT2D eigenvalue weighted by Gasteiger charge is 2.18. The van der Waals surface area contributed by atoms with Crippen molar-refractivity contribution in [3.63, 3.8) is 0 Å². The number of aryl methyl sites for hydroxylation is 2. The smallest absolute Gasteiger partial charge is 0.256 e. The Morgan fingerprint density at radius 3 is 2.66 bits per heavy atom. The molecule has 1 N–H and O–H groups in total. The molecule has 1 aromatic heterocycles. The zero-order valence-electron chi connectivity index (χ0n) is 16.6. The summed E-state index contributed by atoms with van der Waals surface area (Å²) in [4.78, 5) is 12.6. The van der Waals surface area contributed by atoms with Gasteiger partial charge in [0.05, 0.1) is 6.61 Å². The van der Waals surface area contributed by atoms with Gasteiger partial charge in [0.2, 0.25) is 5.82 Å². The van der Waals surface area contributed by atoms with E-state index in [1.807, 2.05) is 6.07 Å². The summed E-state index contributed by atoms with van der Waals surface area (Å²) in [5.41, 5.74) is 4.70. The Morgan fingerprint density at radius 2 is 1.86 bits per heavy atom. The Hall–Kier alpha value is -3.15. The molecule has 4 rings (SSSR count). The van der Waals surface area contributed by atoms with Crippen molar-refractivity contribution in [3.8, 4) is 17.0 Å². The van der Waals surface area contributed by atoms with Crippen molar-refractivity contribution in [1.82, 2.24) is 10.3 Å². The highest BCUT2D eigenvalue weighted by Crippen LogP contribution is 2.30. The van der Waals surface area contributed by atoms with Crippen molar-refractivity contribution in [2.45, 2.75) is 45.4 Å². The van der Waals surface area contributed by atoms with Crippen LogP contribution in [0.2, 0.25) is 0 Å². The van der Waals surface area contributed by atoms with E-state index < -0.39 is 0 Å². The average molecular weight is 391 g/mol. The van der Waals surface area contributed by atoms with Crippen molar-refractivity contribution in [2.24, 2.45) is 0 Å².